The van der Waals surface area contributed by atoms with Crippen LogP contribution in [-0.2, 0) is 0 Å². The number of aromatic nitrogens is 2. The molecular formula is C21H29FN6. The van der Waals surface area contributed by atoms with Gasteiger partial charge >= 0.3 is 0 Å². The van der Waals surface area contributed by atoms with Crippen molar-refractivity contribution in [3.05, 3.63) is 42.3 Å². The van der Waals surface area contributed by atoms with Crippen LogP contribution in [0.15, 0.2) is 36.5 Å². The number of piperidine rings is 1. The molecule has 0 amide bonds. The third-order valence-corrected chi connectivity index (χ3v) is 5.71. The Morgan fingerprint density at radius 1 is 1.11 bits per heavy atom. The number of likely N-dealkylation sites (N-methyl/N-ethyl adjacent to an activating group) is 1. The molecule has 0 aliphatic carbocycles. The lowest BCUT2D eigenvalue weighted by Crippen LogP contribution is -2.46. The summed E-state index contributed by atoms with van der Waals surface area (Å²) < 4.78 is 13.6. The Balaban J connectivity index is 1.39. The second-order valence-electron chi connectivity index (χ2n) is 7.57. The van der Waals surface area contributed by atoms with E-state index >= 15 is 0 Å². The predicted molar refractivity (Wildman–Crippen MR) is 112 cm³/mol. The van der Waals surface area contributed by atoms with Crippen LogP contribution in [0.5, 0.6) is 0 Å². The topological polar surface area (TPSA) is 47.5 Å². The SMILES string of the molecule is CCN1CCN(c2ccnc(N[C@@H]3CCCN(c4cccc(F)c4)C3)n2)CC1. The molecule has 0 unspecified atom stereocenters. The predicted octanol–water partition coefficient (Wildman–Crippen LogP) is 2.84. The molecule has 0 radical (unpaired) electrons. The summed E-state index contributed by atoms with van der Waals surface area (Å²) in [5.41, 5.74) is 0.940. The molecule has 0 saturated carbocycles. The first kappa shape index (κ1) is 18.9. The summed E-state index contributed by atoms with van der Waals surface area (Å²) in [6.45, 7) is 9.25. The largest absolute Gasteiger partial charge is 0.369 e. The third-order valence-electron chi connectivity index (χ3n) is 5.71. The van der Waals surface area contributed by atoms with E-state index in [2.05, 4.69) is 31.9 Å². The zero-order chi connectivity index (χ0) is 19.3. The second kappa shape index (κ2) is 8.73. The van der Waals surface area contributed by atoms with Gasteiger partial charge in [-0.05, 0) is 43.7 Å². The molecule has 1 atom stereocenters. The molecule has 1 N–H and O–H groups in total. The summed E-state index contributed by atoms with van der Waals surface area (Å²) in [7, 11) is 0. The van der Waals surface area contributed by atoms with E-state index in [1.54, 1.807) is 12.1 Å². The fourth-order valence-corrected chi connectivity index (χ4v) is 4.07. The number of benzene rings is 1. The van der Waals surface area contributed by atoms with E-state index in [0.29, 0.717) is 5.95 Å². The molecule has 28 heavy (non-hydrogen) atoms. The van der Waals surface area contributed by atoms with E-state index in [1.165, 1.54) is 6.07 Å². The van der Waals surface area contributed by atoms with Gasteiger partial charge in [0.1, 0.15) is 11.6 Å². The number of piperazine rings is 1. The summed E-state index contributed by atoms with van der Waals surface area (Å²) >= 11 is 0. The average molecular weight is 385 g/mol. The van der Waals surface area contributed by atoms with Crippen LogP contribution in [0.2, 0.25) is 0 Å². The van der Waals surface area contributed by atoms with Crippen LogP contribution in [-0.4, -0.2) is 66.7 Å². The second-order valence-corrected chi connectivity index (χ2v) is 7.57. The van der Waals surface area contributed by atoms with Gasteiger partial charge in [0.25, 0.3) is 0 Å². The molecule has 0 bridgehead atoms. The smallest absolute Gasteiger partial charge is 0.224 e. The first-order chi connectivity index (χ1) is 13.7. The van der Waals surface area contributed by atoms with E-state index in [4.69, 9.17) is 4.98 Å². The van der Waals surface area contributed by atoms with Crippen molar-refractivity contribution < 1.29 is 4.39 Å². The molecule has 4 rings (SSSR count). The first-order valence-electron chi connectivity index (χ1n) is 10.3. The monoisotopic (exact) mass is 384 g/mol. The van der Waals surface area contributed by atoms with E-state index in [9.17, 15) is 4.39 Å². The number of halogens is 1. The van der Waals surface area contributed by atoms with Gasteiger partial charge in [-0.3, -0.25) is 0 Å². The molecule has 1 aromatic carbocycles. The molecule has 7 heteroatoms. The first-order valence-corrected chi connectivity index (χ1v) is 10.3. The van der Waals surface area contributed by atoms with Gasteiger partial charge in [-0.2, -0.15) is 4.98 Å². The van der Waals surface area contributed by atoms with Crippen molar-refractivity contribution in [2.24, 2.45) is 0 Å². The van der Waals surface area contributed by atoms with Crippen molar-refractivity contribution in [1.29, 1.82) is 0 Å². The van der Waals surface area contributed by atoms with Crippen molar-refractivity contribution in [3.63, 3.8) is 0 Å². The third kappa shape index (κ3) is 4.52. The molecule has 6 nitrogen and oxygen atoms in total. The Bertz CT molecular complexity index is 777. The Morgan fingerprint density at radius 3 is 2.75 bits per heavy atom. The van der Waals surface area contributed by atoms with Crippen LogP contribution in [0.25, 0.3) is 0 Å². The standard InChI is InChI=1S/C21H29FN6/c1-2-26-11-13-27(14-12-26)20-8-9-23-21(25-20)24-18-6-4-10-28(16-18)19-7-3-5-17(22)15-19/h3,5,7-9,15,18H,2,4,6,10-14,16H2,1H3,(H,23,24,25)/t18-/m1/s1. The summed E-state index contributed by atoms with van der Waals surface area (Å²) in [4.78, 5) is 16.2. The zero-order valence-corrected chi connectivity index (χ0v) is 16.5. The summed E-state index contributed by atoms with van der Waals surface area (Å²) in [5.74, 6) is 1.49. The van der Waals surface area contributed by atoms with Crippen molar-refractivity contribution in [2.45, 2.75) is 25.8 Å². The van der Waals surface area contributed by atoms with Gasteiger partial charge < -0.3 is 20.0 Å². The normalized spacial score (nSPS) is 21.0. The van der Waals surface area contributed by atoms with Crippen LogP contribution in [0, 0.1) is 5.82 Å². The molecule has 3 heterocycles. The minimum absolute atomic E-state index is 0.188. The fourth-order valence-electron chi connectivity index (χ4n) is 4.07. The lowest BCUT2D eigenvalue weighted by Gasteiger charge is -2.36. The van der Waals surface area contributed by atoms with Gasteiger partial charge in [0, 0.05) is 57.2 Å². The van der Waals surface area contributed by atoms with Crippen molar-refractivity contribution in [1.82, 2.24) is 14.9 Å². The quantitative estimate of drug-likeness (QED) is 0.855. The van der Waals surface area contributed by atoms with Gasteiger partial charge in [-0.1, -0.05) is 13.0 Å². The summed E-state index contributed by atoms with van der Waals surface area (Å²) in [6.07, 6.45) is 3.96. The van der Waals surface area contributed by atoms with Crippen LogP contribution in [0.1, 0.15) is 19.8 Å². The van der Waals surface area contributed by atoms with E-state index < -0.39 is 0 Å². The highest BCUT2D eigenvalue weighted by Crippen LogP contribution is 2.22. The van der Waals surface area contributed by atoms with Gasteiger partial charge in [0.15, 0.2) is 0 Å². The lowest BCUT2D eigenvalue weighted by molar-refractivity contribution is 0.270. The number of hydrogen-bond donors (Lipinski definition) is 1. The molecule has 2 fully saturated rings. The van der Waals surface area contributed by atoms with Crippen molar-refractivity contribution >= 4 is 17.5 Å². The highest BCUT2D eigenvalue weighted by molar-refractivity contribution is 5.48. The van der Waals surface area contributed by atoms with Crippen molar-refractivity contribution in [3.8, 4) is 0 Å². The minimum Gasteiger partial charge on any atom is -0.369 e. The molecule has 1 aromatic heterocycles. The Morgan fingerprint density at radius 2 is 1.96 bits per heavy atom. The average Bonchev–Trinajstić information content (AvgIpc) is 2.74. The van der Waals surface area contributed by atoms with Crippen LogP contribution in [0.4, 0.5) is 21.8 Å². The zero-order valence-electron chi connectivity index (χ0n) is 16.5. The number of anilines is 3. The van der Waals surface area contributed by atoms with Crippen LogP contribution in [0.3, 0.4) is 0 Å². The van der Waals surface area contributed by atoms with Crippen molar-refractivity contribution in [2.75, 3.05) is 60.9 Å². The Hall–Kier alpha value is -2.41. The molecule has 2 aliphatic rings. The minimum atomic E-state index is -0.188. The molecule has 2 aromatic rings. The highest BCUT2D eigenvalue weighted by Gasteiger charge is 2.22. The maximum absolute atomic E-state index is 13.6. The highest BCUT2D eigenvalue weighted by atomic mass is 19.1. The van der Waals surface area contributed by atoms with Gasteiger partial charge in [-0.25, -0.2) is 9.37 Å². The van der Waals surface area contributed by atoms with Gasteiger partial charge in [-0.15, -0.1) is 0 Å². The Kier molecular flexibility index (Phi) is 5.90. The lowest BCUT2D eigenvalue weighted by atomic mass is 10.1. The molecule has 150 valence electrons. The van der Waals surface area contributed by atoms with Gasteiger partial charge in [0.05, 0.1) is 0 Å². The number of nitrogens with zero attached hydrogens (tertiary/aromatic N) is 5. The summed E-state index contributed by atoms with van der Waals surface area (Å²) in [6, 6.07) is 9.08. The number of nitrogens with one attached hydrogen (secondary N) is 1. The van der Waals surface area contributed by atoms with Gasteiger partial charge in [0.2, 0.25) is 5.95 Å². The number of rotatable bonds is 5. The molecule has 0 spiro atoms. The Labute approximate surface area is 166 Å². The maximum Gasteiger partial charge on any atom is 0.224 e. The van der Waals surface area contributed by atoms with E-state index in [1.807, 2.05) is 18.3 Å². The van der Waals surface area contributed by atoms with Crippen LogP contribution >= 0.6 is 0 Å². The van der Waals surface area contributed by atoms with E-state index in [-0.39, 0.29) is 11.9 Å². The number of hydrogen-bond acceptors (Lipinski definition) is 6. The van der Waals surface area contributed by atoms with E-state index in [0.717, 1.165) is 70.2 Å². The fraction of sp³-hybridized carbons (Fsp3) is 0.524. The maximum atomic E-state index is 13.6. The molecule has 2 aliphatic heterocycles. The molecule has 2 saturated heterocycles. The van der Waals surface area contributed by atoms with Crippen LogP contribution < -0.4 is 15.1 Å². The summed E-state index contributed by atoms with van der Waals surface area (Å²) in [5, 5.41) is 3.50. The molecular weight excluding hydrogens is 355 g/mol.